The van der Waals surface area contributed by atoms with Gasteiger partial charge in [-0.3, -0.25) is 0 Å². The summed E-state index contributed by atoms with van der Waals surface area (Å²) < 4.78 is 25.7. The van der Waals surface area contributed by atoms with E-state index in [0.29, 0.717) is 6.42 Å². The molecule has 166 valence electrons. The summed E-state index contributed by atoms with van der Waals surface area (Å²) in [6, 6.07) is 17.3. The highest BCUT2D eigenvalue weighted by Gasteiger charge is 2.16. The summed E-state index contributed by atoms with van der Waals surface area (Å²) >= 11 is 0. The van der Waals surface area contributed by atoms with Crippen LogP contribution in [0.4, 0.5) is 0 Å². The summed E-state index contributed by atoms with van der Waals surface area (Å²) in [5.74, 6) is 1.52. The number of H-pyrrole nitrogens is 1. The molecule has 0 amide bonds. The standard InChI is InChI=1S/C26H29N3O2S/c1-32(30,31)29-23-15-16-24-25(17-23)28-26(27-24)22-13-11-21(12-14-22)20-9-7-19(8-10-20)18-5-3-2-4-6-18/h7-14,16-18,23,29H,2-6,15H2,1H3,(H,27,28). The van der Waals surface area contributed by atoms with E-state index in [9.17, 15) is 8.42 Å². The maximum Gasteiger partial charge on any atom is 0.209 e. The van der Waals surface area contributed by atoms with Crippen molar-refractivity contribution in [3.05, 3.63) is 64.8 Å². The van der Waals surface area contributed by atoms with E-state index in [-0.39, 0.29) is 6.04 Å². The largest absolute Gasteiger partial charge is 0.338 e. The highest BCUT2D eigenvalue weighted by molar-refractivity contribution is 7.88. The Hall–Kier alpha value is -2.70. The quantitative estimate of drug-likeness (QED) is 0.627. The fourth-order valence-electron chi connectivity index (χ4n) is 4.89. The SMILES string of the molecule is CS(=O)(=O)NC1C=c2[nH]c(-c3ccc(-c4ccc(C5CCCCC5)cc4)cc3)nc2=CC1. The zero-order chi connectivity index (χ0) is 22.1. The van der Waals surface area contributed by atoms with Gasteiger partial charge in [0.05, 0.1) is 17.0 Å². The number of aromatic amines is 1. The molecule has 1 unspecified atom stereocenters. The fourth-order valence-corrected chi connectivity index (χ4v) is 5.60. The van der Waals surface area contributed by atoms with Crippen LogP contribution >= 0.6 is 0 Å². The van der Waals surface area contributed by atoms with Gasteiger partial charge in [0.25, 0.3) is 0 Å². The molecule has 0 aliphatic heterocycles. The predicted octanol–water partition coefficient (Wildman–Crippen LogP) is 3.67. The molecule has 5 rings (SSSR count). The molecule has 0 radical (unpaired) electrons. The van der Waals surface area contributed by atoms with E-state index in [0.717, 1.165) is 28.0 Å². The van der Waals surface area contributed by atoms with Crippen molar-refractivity contribution in [1.29, 1.82) is 0 Å². The average Bonchev–Trinajstić information content (AvgIpc) is 3.22. The van der Waals surface area contributed by atoms with E-state index in [4.69, 9.17) is 4.98 Å². The lowest BCUT2D eigenvalue weighted by Crippen LogP contribution is -2.39. The van der Waals surface area contributed by atoms with Gasteiger partial charge in [0.15, 0.2) is 0 Å². The first-order chi connectivity index (χ1) is 15.4. The molecule has 5 nitrogen and oxygen atoms in total. The number of sulfonamides is 1. The first-order valence-corrected chi connectivity index (χ1v) is 13.3. The van der Waals surface area contributed by atoms with Crippen LogP contribution < -0.4 is 15.4 Å². The van der Waals surface area contributed by atoms with Crippen molar-refractivity contribution in [1.82, 2.24) is 14.7 Å². The van der Waals surface area contributed by atoms with E-state index in [1.165, 1.54) is 55.1 Å². The van der Waals surface area contributed by atoms with Crippen LogP contribution in [0.2, 0.25) is 0 Å². The van der Waals surface area contributed by atoms with E-state index in [1.807, 2.05) is 12.2 Å². The van der Waals surface area contributed by atoms with Gasteiger partial charge >= 0.3 is 0 Å². The summed E-state index contributed by atoms with van der Waals surface area (Å²) in [5, 5.41) is 1.73. The molecule has 1 saturated carbocycles. The molecule has 2 aromatic carbocycles. The van der Waals surface area contributed by atoms with E-state index in [2.05, 4.69) is 58.2 Å². The van der Waals surface area contributed by atoms with Crippen LogP contribution in [-0.2, 0) is 10.0 Å². The molecule has 2 aliphatic carbocycles. The first kappa shape index (κ1) is 21.2. The molecule has 32 heavy (non-hydrogen) atoms. The van der Waals surface area contributed by atoms with Gasteiger partial charge in [0.2, 0.25) is 10.0 Å². The molecule has 1 aromatic heterocycles. The Morgan fingerprint density at radius 1 is 0.906 bits per heavy atom. The van der Waals surface area contributed by atoms with Gasteiger partial charge < -0.3 is 4.98 Å². The van der Waals surface area contributed by atoms with Crippen LogP contribution in [-0.4, -0.2) is 30.7 Å². The highest BCUT2D eigenvalue weighted by atomic mass is 32.2. The smallest absolute Gasteiger partial charge is 0.209 e. The van der Waals surface area contributed by atoms with Crippen LogP contribution in [0.1, 0.15) is 50.0 Å². The maximum atomic E-state index is 11.5. The minimum atomic E-state index is -3.25. The number of fused-ring (bicyclic) bond motifs is 1. The van der Waals surface area contributed by atoms with Gasteiger partial charge in [-0.05, 0) is 47.9 Å². The van der Waals surface area contributed by atoms with Gasteiger partial charge in [0.1, 0.15) is 5.82 Å². The molecule has 1 atom stereocenters. The summed E-state index contributed by atoms with van der Waals surface area (Å²) in [5.41, 5.74) is 4.90. The predicted molar refractivity (Wildman–Crippen MR) is 130 cm³/mol. The van der Waals surface area contributed by atoms with Crippen molar-refractivity contribution < 1.29 is 8.42 Å². The number of benzene rings is 2. The molecule has 1 heterocycles. The van der Waals surface area contributed by atoms with Gasteiger partial charge in [-0.15, -0.1) is 0 Å². The lowest BCUT2D eigenvalue weighted by Gasteiger charge is -2.22. The van der Waals surface area contributed by atoms with Crippen molar-refractivity contribution in [2.24, 2.45) is 0 Å². The zero-order valence-corrected chi connectivity index (χ0v) is 19.2. The Balaban J connectivity index is 1.34. The Morgan fingerprint density at radius 2 is 1.53 bits per heavy atom. The molecular weight excluding hydrogens is 418 g/mol. The van der Waals surface area contributed by atoms with E-state index in [1.54, 1.807) is 0 Å². The Kier molecular flexibility index (Phi) is 5.74. The number of rotatable bonds is 5. The number of nitrogens with one attached hydrogen (secondary N) is 2. The zero-order valence-electron chi connectivity index (χ0n) is 18.3. The van der Waals surface area contributed by atoms with Crippen LogP contribution in [0.15, 0.2) is 48.5 Å². The van der Waals surface area contributed by atoms with Gasteiger partial charge in [-0.2, -0.15) is 0 Å². The van der Waals surface area contributed by atoms with E-state index < -0.39 is 10.0 Å². The Morgan fingerprint density at radius 3 is 2.19 bits per heavy atom. The Labute approximate surface area is 189 Å². The molecule has 0 bridgehead atoms. The second-order valence-electron chi connectivity index (χ2n) is 9.02. The molecule has 0 saturated heterocycles. The van der Waals surface area contributed by atoms with E-state index >= 15 is 0 Å². The van der Waals surface area contributed by atoms with Crippen LogP contribution in [0.5, 0.6) is 0 Å². The topological polar surface area (TPSA) is 74.8 Å². The summed E-state index contributed by atoms with van der Waals surface area (Å²) in [6.07, 6.45) is 12.4. The minimum absolute atomic E-state index is 0.246. The van der Waals surface area contributed by atoms with Crippen molar-refractivity contribution in [2.75, 3.05) is 6.26 Å². The monoisotopic (exact) mass is 447 g/mol. The summed E-state index contributed by atoms with van der Waals surface area (Å²) in [6.45, 7) is 0. The molecule has 2 aliphatic rings. The molecule has 6 heteroatoms. The minimum Gasteiger partial charge on any atom is -0.338 e. The van der Waals surface area contributed by atoms with Gasteiger partial charge in [-0.25, -0.2) is 18.1 Å². The van der Waals surface area contributed by atoms with Gasteiger partial charge in [-0.1, -0.05) is 73.9 Å². The lowest BCUT2D eigenvalue weighted by molar-refractivity contribution is 0.443. The molecule has 1 fully saturated rings. The van der Waals surface area contributed by atoms with Crippen LogP contribution in [0.25, 0.3) is 34.7 Å². The summed E-state index contributed by atoms with van der Waals surface area (Å²) in [4.78, 5) is 8.03. The molecule has 2 N–H and O–H groups in total. The number of imidazole rings is 1. The second-order valence-corrected chi connectivity index (χ2v) is 10.8. The van der Waals surface area contributed by atoms with Gasteiger partial charge in [0, 0.05) is 11.6 Å². The molecule has 3 aromatic rings. The normalized spacial score (nSPS) is 19.1. The third-order valence-corrected chi connectivity index (χ3v) is 7.27. The third kappa shape index (κ3) is 4.71. The number of nitrogens with zero attached hydrogens (tertiary/aromatic N) is 1. The highest BCUT2D eigenvalue weighted by Crippen LogP contribution is 2.33. The fraction of sp³-hybridized carbons (Fsp3) is 0.346. The summed E-state index contributed by atoms with van der Waals surface area (Å²) in [7, 11) is -3.25. The average molecular weight is 448 g/mol. The number of hydrogen-bond acceptors (Lipinski definition) is 3. The first-order valence-electron chi connectivity index (χ1n) is 11.4. The molecule has 0 spiro atoms. The number of aromatic nitrogens is 2. The van der Waals surface area contributed by atoms with Crippen molar-refractivity contribution in [2.45, 2.75) is 50.5 Å². The third-order valence-electron chi connectivity index (χ3n) is 6.54. The second kappa shape index (κ2) is 8.68. The van der Waals surface area contributed by atoms with Crippen molar-refractivity contribution in [3.8, 4) is 22.5 Å². The number of hydrogen-bond donors (Lipinski definition) is 2. The van der Waals surface area contributed by atoms with Crippen LogP contribution in [0, 0.1) is 0 Å². The maximum absolute atomic E-state index is 11.5. The molecular formula is C26H29N3O2S. The van der Waals surface area contributed by atoms with Crippen molar-refractivity contribution >= 4 is 22.2 Å². The van der Waals surface area contributed by atoms with Crippen LogP contribution in [0.3, 0.4) is 0 Å². The lowest BCUT2D eigenvalue weighted by atomic mass is 9.84. The van der Waals surface area contributed by atoms with Crippen molar-refractivity contribution in [3.63, 3.8) is 0 Å². The Bertz CT molecular complexity index is 1320.